The fraction of sp³-hybridized carbons (Fsp3) is 0.167. The molecule has 1 unspecified atom stereocenters. The minimum Gasteiger partial charge on any atom is -0.366 e. The first-order chi connectivity index (χ1) is 19.1. The number of hydrogen-bond donors (Lipinski definition) is 2. The lowest BCUT2D eigenvalue weighted by atomic mass is 9.86. The van der Waals surface area contributed by atoms with Crippen LogP contribution < -0.4 is 11.1 Å². The zero-order chi connectivity index (χ0) is 32.2. The van der Waals surface area contributed by atoms with E-state index in [-0.39, 0.29) is 12.1 Å². The molecule has 0 saturated carbocycles. The molecule has 3 aromatic rings. The molecular formula is C24H10Br2F12N2O2. The lowest BCUT2D eigenvalue weighted by molar-refractivity contribution is -0.389. The van der Waals surface area contributed by atoms with Crippen LogP contribution in [-0.2, 0) is 5.67 Å². The fourth-order valence-corrected chi connectivity index (χ4v) is 5.35. The molecule has 0 aliphatic heterocycles. The van der Waals surface area contributed by atoms with Gasteiger partial charge in [0, 0.05) is 25.6 Å². The number of rotatable bonds is 6. The number of nitrogens with two attached hydrogens (primary N) is 1. The number of primary amides is 1. The van der Waals surface area contributed by atoms with Gasteiger partial charge in [-0.2, -0.15) is 35.1 Å². The third-order valence-electron chi connectivity index (χ3n) is 5.72. The van der Waals surface area contributed by atoms with E-state index in [0.29, 0.717) is 18.2 Å². The van der Waals surface area contributed by atoms with E-state index in [1.165, 1.54) is 0 Å². The van der Waals surface area contributed by atoms with E-state index in [9.17, 15) is 53.5 Å². The Morgan fingerprint density at radius 2 is 1.26 bits per heavy atom. The number of nitrogens with one attached hydrogen (secondary N) is 1. The van der Waals surface area contributed by atoms with Crippen molar-refractivity contribution in [3.63, 3.8) is 0 Å². The average Bonchev–Trinajstić information content (AvgIpc) is 2.83. The monoisotopic (exact) mass is 744 g/mol. The van der Waals surface area contributed by atoms with Crippen LogP contribution in [0.2, 0.25) is 0 Å². The van der Waals surface area contributed by atoms with E-state index < -0.39 is 95.7 Å². The molecule has 226 valence electrons. The fourth-order valence-electron chi connectivity index (χ4n) is 3.74. The number of halogens is 14. The predicted molar refractivity (Wildman–Crippen MR) is 130 cm³/mol. The van der Waals surface area contributed by atoms with Gasteiger partial charge in [0.15, 0.2) is 5.82 Å². The van der Waals surface area contributed by atoms with Gasteiger partial charge in [0.25, 0.3) is 11.8 Å². The van der Waals surface area contributed by atoms with Crippen molar-refractivity contribution in [2.75, 3.05) is 5.32 Å². The van der Waals surface area contributed by atoms with Gasteiger partial charge in [0.1, 0.15) is 17.2 Å². The Bertz CT molecular complexity index is 1550. The quantitative estimate of drug-likeness (QED) is 0.248. The second kappa shape index (κ2) is 11.1. The van der Waals surface area contributed by atoms with Crippen molar-refractivity contribution in [2.24, 2.45) is 5.73 Å². The zero-order valence-corrected chi connectivity index (χ0v) is 22.9. The summed E-state index contributed by atoms with van der Waals surface area (Å²) >= 11 is 5.23. The molecule has 3 N–H and O–H groups in total. The van der Waals surface area contributed by atoms with Gasteiger partial charge in [-0.25, -0.2) is 17.6 Å². The summed E-state index contributed by atoms with van der Waals surface area (Å²) in [5.74, 6) is -14.6. The first kappa shape index (κ1) is 33.2. The van der Waals surface area contributed by atoms with Crippen molar-refractivity contribution in [1.82, 2.24) is 0 Å². The summed E-state index contributed by atoms with van der Waals surface area (Å²) in [5, 5.41) is 1.77. The molecule has 42 heavy (non-hydrogen) atoms. The molecule has 0 heterocycles. The first-order valence-corrected chi connectivity index (χ1v) is 12.2. The smallest absolute Gasteiger partial charge is 0.366 e. The minimum absolute atomic E-state index is 0.102. The zero-order valence-electron chi connectivity index (χ0n) is 19.7. The van der Waals surface area contributed by atoms with Crippen molar-refractivity contribution >= 4 is 49.4 Å². The summed E-state index contributed by atoms with van der Waals surface area (Å²) in [5.41, 5.74) is -8.01. The average molecular weight is 746 g/mol. The van der Waals surface area contributed by atoms with Crippen molar-refractivity contribution in [3.8, 4) is 11.1 Å². The summed E-state index contributed by atoms with van der Waals surface area (Å²) in [6.45, 7) is 0. The Balaban J connectivity index is 2.32. The highest BCUT2D eigenvalue weighted by atomic mass is 79.9. The topological polar surface area (TPSA) is 72.2 Å². The number of benzene rings is 3. The van der Waals surface area contributed by atoms with Crippen LogP contribution in [0.3, 0.4) is 0 Å². The van der Waals surface area contributed by atoms with Crippen LogP contribution >= 0.6 is 31.9 Å². The summed E-state index contributed by atoms with van der Waals surface area (Å²) in [7, 11) is 0. The lowest BCUT2D eigenvalue weighted by Gasteiger charge is -2.36. The molecule has 18 heteroatoms. The predicted octanol–water partition coefficient (Wildman–Crippen LogP) is 8.57. The van der Waals surface area contributed by atoms with Gasteiger partial charge in [-0.05, 0) is 30.3 Å². The Morgan fingerprint density at radius 3 is 1.69 bits per heavy atom. The van der Waals surface area contributed by atoms with Gasteiger partial charge < -0.3 is 11.1 Å². The molecule has 0 aliphatic rings. The maximum atomic E-state index is 15.4. The molecule has 0 spiro atoms. The van der Waals surface area contributed by atoms with Crippen LogP contribution in [-0.4, -0.2) is 30.1 Å². The SMILES string of the molecule is NC(=O)c1ccc(-c2c(Br)cc(C(F)(C(F)(F)F)C(F)(F)C(F)(F)F)cc2Br)c(NC(=O)c2c(F)cccc2F)c1F. The third-order valence-corrected chi connectivity index (χ3v) is 6.98. The van der Waals surface area contributed by atoms with Gasteiger partial charge in [-0.15, -0.1) is 0 Å². The van der Waals surface area contributed by atoms with Gasteiger partial charge in [0.05, 0.1) is 11.3 Å². The second-order valence-electron chi connectivity index (χ2n) is 8.31. The van der Waals surface area contributed by atoms with E-state index in [4.69, 9.17) is 5.73 Å². The van der Waals surface area contributed by atoms with E-state index in [0.717, 1.165) is 12.1 Å². The molecule has 4 nitrogen and oxygen atoms in total. The highest BCUT2D eigenvalue weighted by Gasteiger charge is 2.81. The number of carbonyl (C=O) groups excluding carboxylic acids is 2. The van der Waals surface area contributed by atoms with Crippen molar-refractivity contribution in [3.05, 3.63) is 85.6 Å². The number of alkyl halides is 9. The third kappa shape index (κ3) is 5.45. The van der Waals surface area contributed by atoms with Crippen molar-refractivity contribution in [1.29, 1.82) is 0 Å². The van der Waals surface area contributed by atoms with E-state index in [2.05, 4.69) is 31.9 Å². The minimum atomic E-state index is -7.01. The summed E-state index contributed by atoms with van der Waals surface area (Å²) < 4.78 is 164. The highest BCUT2D eigenvalue weighted by molar-refractivity contribution is 9.11. The van der Waals surface area contributed by atoms with Gasteiger partial charge in [-0.3, -0.25) is 9.59 Å². The van der Waals surface area contributed by atoms with Gasteiger partial charge in [-0.1, -0.05) is 44.0 Å². The summed E-state index contributed by atoms with van der Waals surface area (Å²) in [4.78, 5) is 24.3. The molecule has 0 radical (unpaired) electrons. The van der Waals surface area contributed by atoms with Gasteiger partial charge >= 0.3 is 23.9 Å². The molecule has 0 aromatic heterocycles. The molecule has 0 saturated heterocycles. The van der Waals surface area contributed by atoms with Gasteiger partial charge in [0.2, 0.25) is 0 Å². The molecular weight excluding hydrogens is 736 g/mol. The number of amides is 2. The maximum Gasteiger partial charge on any atom is 0.457 e. The number of carbonyl (C=O) groups is 2. The van der Waals surface area contributed by atoms with E-state index in [1.807, 2.05) is 0 Å². The Kier molecular flexibility index (Phi) is 8.77. The second-order valence-corrected chi connectivity index (χ2v) is 10.0. The first-order valence-electron chi connectivity index (χ1n) is 10.7. The normalized spacial score (nSPS) is 14.0. The van der Waals surface area contributed by atoms with Crippen LogP contribution in [0.15, 0.2) is 51.4 Å². The van der Waals surface area contributed by atoms with Crippen LogP contribution in [0, 0.1) is 17.5 Å². The summed E-state index contributed by atoms with van der Waals surface area (Å²) in [6.07, 6.45) is -13.8. The molecule has 0 fully saturated rings. The van der Waals surface area contributed by atoms with Crippen LogP contribution in [0.25, 0.3) is 11.1 Å². The Morgan fingerprint density at radius 1 is 0.762 bits per heavy atom. The Labute approximate surface area is 243 Å². The number of hydrogen-bond acceptors (Lipinski definition) is 2. The van der Waals surface area contributed by atoms with Crippen LogP contribution in [0.1, 0.15) is 26.3 Å². The highest BCUT2D eigenvalue weighted by Crippen LogP contribution is 2.59. The van der Waals surface area contributed by atoms with E-state index >= 15 is 8.78 Å². The standard InChI is InChI=1S/C24H10Br2F12N2O2/c25-11-6-8(21(30,23(33,34)35)22(31,32)24(36,37)38)7-12(26)15(11)9-4-5-10(19(39)41)17(29)18(9)40-20(42)16-13(27)2-1-3-14(16)28/h1-7H,(H2,39,41)(H,40,42). The van der Waals surface area contributed by atoms with Crippen molar-refractivity contribution < 1.29 is 62.3 Å². The molecule has 3 rings (SSSR count). The molecule has 0 bridgehead atoms. The van der Waals surface area contributed by atoms with Crippen LogP contribution in [0.4, 0.5) is 58.4 Å². The van der Waals surface area contributed by atoms with E-state index in [1.54, 1.807) is 5.32 Å². The molecule has 3 aromatic carbocycles. The maximum absolute atomic E-state index is 15.4. The molecule has 1 atom stereocenters. The Hall–Kier alpha value is -3.28. The number of anilines is 1. The largest absolute Gasteiger partial charge is 0.457 e. The molecule has 0 aliphatic carbocycles. The molecule has 2 amide bonds. The van der Waals surface area contributed by atoms with Crippen molar-refractivity contribution in [2.45, 2.75) is 23.9 Å². The summed E-state index contributed by atoms with van der Waals surface area (Å²) in [6, 6.07) is 3.46. The van der Waals surface area contributed by atoms with Crippen LogP contribution in [0.5, 0.6) is 0 Å². The lowest BCUT2D eigenvalue weighted by Crippen LogP contribution is -2.59.